The molecule has 0 spiro atoms. The smallest absolute Gasteiger partial charge is 0.0931 e. The standard InChI is InChI=1S/C12H16ClN3S/c13-12-5-10(8-17-12)3-9-4-11(15)7-16(6-9)2-1-14/h5,8-9,11H,2-4,6-7,15H2. The van der Waals surface area contributed by atoms with E-state index in [1.54, 1.807) is 11.3 Å². The third-order valence-electron chi connectivity index (χ3n) is 3.09. The Morgan fingerprint density at radius 3 is 3.06 bits per heavy atom. The fourth-order valence-electron chi connectivity index (χ4n) is 2.51. The van der Waals surface area contributed by atoms with Gasteiger partial charge in [0.2, 0.25) is 0 Å². The van der Waals surface area contributed by atoms with Crippen molar-refractivity contribution in [2.45, 2.75) is 18.9 Å². The minimum atomic E-state index is 0.191. The molecule has 2 heterocycles. The van der Waals surface area contributed by atoms with Crippen LogP contribution in [0.15, 0.2) is 11.4 Å². The summed E-state index contributed by atoms with van der Waals surface area (Å²) in [7, 11) is 0. The van der Waals surface area contributed by atoms with Crippen molar-refractivity contribution in [2.24, 2.45) is 11.7 Å². The van der Waals surface area contributed by atoms with Crippen LogP contribution in [0, 0.1) is 17.2 Å². The molecule has 0 saturated carbocycles. The molecule has 2 unspecified atom stereocenters. The van der Waals surface area contributed by atoms with E-state index in [1.165, 1.54) is 5.56 Å². The van der Waals surface area contributed by atoms with E-state index >= 15 is 0 Å². The monoisotopic (exact) mass is 269 g/mol. The van der Waals surface area contributed by atoms with E-state index < -0.39 is 0 Å². The first-order chi connectivity index (χ1) is 8.17. The molecule has 1 aromatic heterocycles. The molecule has 92 valence electrons. The Balaban J connectivity index is 1.94. The molecule has 1 aliphatic rings. The highest BCUT2D eigenvalue weighted by atomic mass is 35.5. The van der Waals surface area contributed by atoms with E-state index in [9.17, 15) is 0 Å². The number of halogens is 1. The van der Waals surface area contributed by atoms with Crippen molar-refractivity contribution in [1.29, 1.82) is 5.26 Å². The number of rotatable bonds is 3. The Bertz CT molecular complexity index is 412. The number of hydrogen-bond acceptors (Lipinski definition) is 4. The third-order valence-corrected chi connectivity index (χ3v) is 4.23. The fraction of sp³-hybridized carbons (Fsp3) is 0.583. The van der Waals surface area contributed by atoms with Gasteiger partial charge in [-0.2, -0.15) is 5.26 Å². The van der Waals surface area contributed by atoms with Crippen LogP contribution in [-0.4, -0.2) is 30.6 Å². The summed E-state index contributed by atoms with van der Waals surface area (Å²) >= 11 is 7.50. The van der Waals surface area contributed by atoms with Gasteiger partial charge in [0.1, 0.15) is 0 Å². The lowest BCUT2D eigenvalue weighted by molar-refractivity contribution is 0.172. The molecule has 0 radical (unpaired) electrons. The summed E-state index contributed by atoms with van der Waals surface area (Å²) < 4.78 is 0.842. The van der Waals surface area contributed by atoms with Gasteiger partial charge < -0.3 is 5.73 Å². The SMILES string of the molecule is N#CCN1CC(N)CC(Cc2csc(Cl)c2)C1. The van der Waals surface area contributed by atoms with Gasteiger partial charge in [0.05, 0.1) is 17.0 Å². The summed E-state index contributed by atoms with van der Waals surface area (Å²) in [4.78, 5) is 2.15. The lowest BCUT2D eigenvalue weighted by Gasteiger charge is -2.34. The summed E-state index contributed by atoms with van der Waals surface area (Å²) in [6.45, 7) is 2.29. The first-order valence-electron chi connectivity index (χ1n) is 5.75. The van der Waals surface area contributed by atoms with Crippen molar-refractivity contribution >= 4 is 22.9 Å². The molecular weight excluding hydrogens is 254 g/mol. The van der Waals surface area contributed by atoms with Crippen molar-refractivity contribution < 1.29 is 0 Å². The molecule has 2 N–H and O–H groups in total. The number of hydrogen-bond donors (Lipinski definition) is 1. The van der Waals surface area contributed by atoms with Gasteiger partial charge in [0.25, 0.3) is 0 Å². The summed E-state index contributed by atoms with van der Waals surface area (Å²) in [5, 5.41) is 10.8. The number of piperidine rings is 1. The largest absolute Gasteiger partial charge is 0.327 e. The van der Waals surface area contributed by atoms with Crippen LogP contribution in [0.5, 0.6) is 0 Å². The van der Waals surface area contributed by atoms with Gasteiger partial charge >= 0.3 is 0 Å². The number of nitriles is 1. The van der Waals surface area contributed by atoms with Gasteiger partial charge in [-0.25, -0.2) is 0 Å². The van der Waals surface area contributed by atoms with E-state index in [2.05, 4.69) is 16.3 Å². The van der Waals surface area contributed by atoms with Crippen molar-refractivity contribution in [2.75, 3.05) is 19.6 Å². The fourth-order valence-corrected chi connectivity index (χ4v) is 3.43. The molecule has 1 aliphatic heterocycles. The maximum absolute atomic E-state index is 8.74. The first kappa shape index (κ1) is 12.8. The molecule has 0 amide bonds. The van der Waals surface area contributed by atoms with Gasteiger partial charge in [0, 0.05) is 19.1 Å². The van der Waals surface area contributed by atoms with E-state index in [0.717, 1.165) is 30.3 Å². The van der Waals surface area contributed by atoms with Crippen molar-refractivity contribution in [3.05, 3.63) is 21.3 Å². The zero-order valence-corrected chi connectivity index (χ0v) is 11.2. The van der Waals surface area contributed by atoms with Gasteiger partial charge in [-0.1, -0.05) is 11.6 Å². The summed E-state index contributed by atoms with van der Waals surface area (Å²) in [6.07, 6.45) is 2.05. The van der Waals surface area contributed by atoms with Crippen LogP contribution < -0.4 is 5.73 Å². The van der Waals surface area contributed by atoms with Crippen LogP contribution in [0.1, 0.15) is 12.0 Å². The Morgan fingerprint density at radius 1 is 1.59 bits per heavy atom. The Morgan fingerprint density at radius 2 is 2.41 bits per heavy atom. The number of nitrogens with two attached hydrogens (primary N) is 1. The van der Waals surface area contributed by atoms with Crippen LogP contribution in [0.4, 0.5) is 0 Å². The quantitative estimate of drug-likeness (QED) is 0.855. The molecule has 5 heteroatoms. The molecule has 2 atom stereocenters. The van der Waals surface area contributed by atoms with Crippen molar-refractivity contribution in [3.8, 4) is 6.07 Å². The molecule has 1 saturated heterocycles. The molecule has 0 bridgehead atoms. The number of likely N-dealkylation sites (tertiary alicyclic amines) is 1. The predicted molar refractivity (Wildman–Crippen MR) is 71.2 cm³/mol. The first-order valence-corrected chi connectivity index (χ1v) is 7.01. The molecule has 1 aromatic rings. The number of thiophene rings is 1. The van der Waals surface area contributed by atoms with Gasteiger partial charge in [-0.15, -0.1) is 11.3 Å². The van der Waals surface area contributed by atoms with Crippen LogP contribution >= 0.6 is 22.9 Å². The second-order valence-electron chi connectivity index (χ2n) is 4.68. The number of nitrogens with zero attached hydrogens (tertiary/aromatic N) is 2. The molecule has 17 heavy (non-hydrogen) atoms. The van der Waals surface area contributed by atoms with Crippen molar-refractivity contribution in [3.63, 3.8) is 0 Å². The second-order valence-corrected chi connectivity index (χ2v) is 6.22. The average molecular weight is 270 g/mol. The molecule has 2 rings (SSSR count). The Kier molecular flexibility index (Phi) is 4.41. The van der Waals surface area contributed by atoms with E-state index in [0.29, 0.717) is 12.5 Å². The minimum absolute atomic E-state index is 0.191. The van der Waals surface area contributed by atoms with Crippen LogP contribution in [-0.2, 0) is 6.42 Å². The van der Waals surface area contributed by atoms with E-state index in [4.69, 9.17) is 22.6 Å². The summed E-state index contributed by atoms with van der Waals surface area (Å²) in [5.41, 5.74) is 7.32. The van der Waals surface area contributed by atoms with Crippen LogP contribution in [0.25, 0.3) is 0 Å². The highest BCUT2D eigenvalue weighted by Crippen LogP contribution is 2.25. The normalized spacial score (nSPS) is 25.7. The maximum atomic E-state index is 8.74. The molecule has 0 aromatic carbocycles. The molecule has 0 aliphatic carbocycles. The molecule has 1 fully saturated rings. The predicted octanol–water partition coefficient (Wildman–Crippen LogP) is 2.12. The van der Waals surface area contributed by atoms with Gasteiger partial charge in [0.15, 0.2) is 0 Å². The van der Waals surface area contributed by atoms with Crippen LogP contribution in [0.2, 0.25) is 4.34 Å². The maximum Gasteiger partial charge on any atom is 0.0931 e. The van der Waals surface area contributed by atoms with E-state index in [1.807, 2.05) is 6.07 Å². The average Bonchev–Trinajstić information content (AvgIpc) is 2.63. The highest BCUT2D eigenvalue weighted by molar-refractivity contribution is 7.14. The third kappa shape index (κ3) is 3.68. The van der Waals surface area contributed by atoms with E-state index in [-0.39, 0.29) is 6.04 Å². The lowest BCUT2D eigenvalue weighted by Crippen LogP contribution is -2.47. The highest BCUT2D eigenvalue weighted by Gasteiger charge is 2.25. The Labute approximate surface area is 111 Å². The van der Waals surface area contributed by atoms with Gasteiger partial charge in [-0.3, -0.25) is 4.90 Å². The lowest BCUT2D eigenvalue weighted by atomic mass is 9.90. The summed E-state index contributed by atoms with van der Waals surface area (Å²) in [6, 6.07) is 4.42. The molecule has 3 nitrogen and oxygen atoms in total. The van der Waals surface area contributed by atoms with Crippen molar-refractivity contribution in [1.82, 2.24) is 4.90 Å². The van der Waals surface area contributed by atoms with Crippen LogP contribution in [0.3, 0.4) is 0 Å². The Hall–Kier alpha value is -0.600. The zero-order chi connectivity index (χ0) is 12.3. The second kappa shape index (κ2) is 5.83. The topological polar surface area (TPSA) is 53.0 Å². The minimum Gasteiger partial charge on any atom is -0.327 e. The summed E-state index contributed by atoms with van der Waals surface area (Å²) in [5.74, 6) is 0.540. The molecular formula is C12H16ClN3S. The van der Waals surface area contributed by atoms with Gasteiger partial charge in [-0.05, 0) is 35.8 Å². The zero-order valence-electron chi connectivity index (χ0n) is 9.60.